The van der Waals surface area contributed by atoms with Gasteiger partial charge in [0.1, 0.15) is 23.0 Å². The van der Waals surface area contributed by atoms with E-state index in [-0.39, 0.29) is 12.2 Å². The van der Waals surface area contributed by atoms with E-state index < -0.39 is 17.3 Å². The first-order chi connectivity index (χ1) is 16.8. The molecule has 2 amide bonds. The number of rotatable bonds is 4. The van der Waals surface area contributed by atoms with Crippen molar-refractivity contribution in [1.29, 1.82) is 0 Å². The van der Waals surface area contributed by atoms with Gasteiger partial charge in [-0.3, -0.25) is 10.00 Å². The van der Waals surface area contributed by atoms with Gasteiger partial charge < -0.3 is 19.1 Å². The minimum atomic E-state index is -0.602. The van der Waals surface area contributed by atoms with E-state index >= 15 is 0 Å². The number of hydrogen-bond acceptors (Lipinski definition) is 7. The number of nitrogens with zero attached hydrogens (tertiary/aromatic N) is 5. The zero-order valence-electron chi connectivity index (χ0n) is 21.9. The fourth-order valence-electron chi connectivity index (χ4n) is 3.94. The molecule has 0 spiro atoms. The summed E-state index contributed by atoms with van der Waals surface area (Å²) in [5.41, 5.74) is 1.32. The molecule has 4 heterocycles. The van der Waals surface area contributed by atoms with Crippen LogP contribution >= 0.6 is 0 Å². The van der Waals surface area contributed by atoms with Crippen LogP contribution in [0.1, 0.15) is 48.0 Å². The van der Waals surface area contributed by atoms with Crippen molar-refractivity contribution in [2.75, 3.05) is 18.4 Å². The molecule has 1 saturated heterocycles. The summed E-state index contributed by atoms with van der Waals surface area (Å²) < 4.78 is 20.5. The molecular formula is C25H34N6O5. The van der Waals surface area contributed by atoms with Gasteiger partial charge in [-0.15, -0.1) is 5.10 Å². The van der Waals surface area contributed by atoms with Gasteiger partial charge in [-0.05, 0) is 53.7 Å². The van der Waals surface area contributed by atoms with Crippen LogP contribution in [0.15, 0.2) is 30.6 Å². The average molecular weight is 499 g/mol. The van der Waals surface area contributed by atoms with Gasteiger partial charge >= 0.3 is 12.2 Å². The number of pyridine rings is 1. The lowest BCUT2D eigenvalue weighted by atomic mass is 10.1. The van der Waals surface area contributed by atoms with E-state index in [4.69, 9.17) is 14.2 Å². The summed E-state index contributed by atoms with van der Waals surface area (Å²) in [5, 5.41) is 11.4. The van der Waals surface area contributed by atoms with Gasteiger partial charge in [0.25, 0.3) is 0 Å². The third kappa shape index (κ3) is 6.07. The third-order valence-corrected chi connectivity index (χ3v) is 5.36. The fraction of sp³-hybridized carbons (Fsp3) is 0.520. The zero-order chi connectivity index (χ0) is 26.3. The van der Waals surface area contributed by atoms with Gasteiger partial charge in [0, 0.05) is 37.8 Å². The summed E-state index contributed by atoms with van der Waals surface area (Å²) in [6.45, 7) is 12.0. The van der Waals surface area contributed by atoms with E-state index in [0.717, 1.165) is 16.8 Å². The summed E-state index contributed by atoms with van der Waals surface area (Å²) in [6, 6.07) is 5.61. The van der Waals surface area contributed by atoms with E-state index in [0.29, 0.717) is 31.1 Å². The highest BCUT2D eigenvalue weighted by Gasteiger charge is 2.31. The van der Waals surface area contributed by atoms with Crippen LogP contribution in [-0.4, -0.2) is 66.9 Å². The van der Waals surface area contributed by atoms with Crippen molar-refractivity contribution >= 4 is 23.5 Å². The minimum Gasteiger partial charge on any atom is -0.485 e. The number of likely N-dealkylation sites (tertiary alicyclic amines) is 1. The monoisotopic (exact) mass is 498 g/mol. The Morgan fingerprint density at radius 2 is 1.81 bits per heavy atom. The number of nitrogens with one attached hydrogen (secondary N) is 1. The van der Waals surface area contributed by atoms with Crippen molar-refractivity contribution < 1.29 is 23.8 Å². The van der Waals surface area contributed by atoms with Gasteiger partial charge in [-0.1, -0.05) is 0 Å². The largest absolute Gasteiger partial charge is 0.485 e. The molecule has 1 aliphatic rings. The molecule has 11 nitrogen and oxygen atoms in total. The van der Waals surface area contributed by atoms with Crippen molar-refractivity contribution in [2.24, 2.45) is 7.05 Å². The molecule has 0 aromatic carbocycles. The average Bonchev–Trinajstić information content (AvgIpc) is 3.43. The van der Waals surface area contributed by atoms with Gasteiger partial charge in [0.15, 0.2) is 11.6 Å². The highest BCUT2D eigenvalue weighted by atomic mass is 16.6. The Bertz CT molecular complexity index is 1270. The maximum absolute atomic E-state index is 12.4. The standard InChI is InChI=1S/C25H34N6O5/c1-24(2,3)35-22(32)27-20-13-17-12-16(8-11-31(17)28-20)21-19(14-26-29(21)7)34-18-9-10-30(15-18)23(33)36-25(4,5)6/h8,11-14,18H,9-10,15H2,1-7H3,(H,27,28,32)/t18-/m0/s1. The smallest absolute Gasteiger partial charge is 0.413 e. The summed E-state index contributed by atoms with van der Waals surface area (Å²) in [4.78, 5) is 26.2. The highest BCUT2D eigenvalue weighted by Crippen LogP contribution is 2.32. The molecule has 194 valence electrons. The predicted molar refractivity (Wildman–Crippen MR) is 134 cm³/mol. The van der Waals surface area contributed by atoms with Crippen molar-refractivity contribution in [1.82, 2.24) is 24.3 Å². The predicted octanol–water partition coefficient (Wildman–Crippen LogP) is 4.47. The first-order valence-electron chi connectivity index (χ1n) is 11.9. The Hall–Kier alpha value is -3.76. The molecule has 3 aromatic heterocycles. The number of anilines is 1. The third-order valence-electron chi connectivity index (χ3n) is 5.36. The van der Waals surface area contributed by atoms with Crippen molar-refractivity contribution in [3.8, 4) is 17.0 Å². The van der Waals surface area contributed by atoms with Crippen LogP contribution in [0.3, 0.4) is 0 Å². The number of carbonyl (C=O) groups excluding carboxylic acids is 2. The summed E-state index contributed by atoms with van der Waals surface area (Å²) >= 11 is 0. The lowest BCUT2D eigenvalue weighted by Gasteiger charge is -2.24. The molecule has 4 rings (SSSR count). The first-order valence-corrected chi connectivity index (χ1v) is 11.9. The maximum atomic E-state index is 12.4. The van der Waals surface area contributed by atoms with Crippen molar-refractivity contribution in [3.63, 3.8) is 0 Å². The van der Waals surface area contributed by atoms with Crippen LogP contribution in [0.2, 0.25) is 0 Å². The number of aryl methyl sites for hydroxylation is 1. The van der Waals surface area contributed by atoms with Gasteiger partial charge in [0.2, 0.25) is 0 Å². The van der Waals surface area contributed by atoms with E-state index in [1.165, 1.54) is 0 Å². The molecule has 36 heavy (non-hydrogen) atoms. The Labute approximate surface area is 210 Å². The fourth-order valence-corrected chi connectivity index (χ4v) is 3.94. The lowest BCUT2D eigenvalue weighted by Crippen LogP contribution is -2.36. The Morgan fingerprint density at radius 3 is 2.50 bits per heavy atom. The Morgan fingerprint density at radius 1 is 1.08 bits per heavy atom. The molecule has 0 bridgehead atoms. The van der Waals surface area contributed by atoms with E-state index in [1.54, 1.807) is 47.1 Å². The summed E-state index contributed by atoms with van der Waals surface area (Å²) in [6.07, 6.45) is 3.13. The van der Waals surface area contributed by atoms with Gasteiger partial charge in [-0.2, -0.15) is 5.10 Å². The van der Waals surface area contributed by atoms with Crippen LogP contribution in [0, 0.1) is 0 Å². The number of hydrogen-bond donors (Lipinski definition) is 1. The Balaban J connectivity index is 1.48. The summed E-state index contributed by atoms with van der Waals surface area (Å²) in [7, 11) is 1.85. The lowest BCUT2D eigenvalue weighted by molar-refractivity contribution is 0.0275. The van der Waals surface area contributed by atoms with Crippen molar-refractivity contribution in [2.45, 2.75) is 65.3 Å². The normalized spacial score (nSPS) is 16.3. The number of amides is 2. The number of aromatic nitrogens is 4. The van der Waals surface area contributed by atoms with Crippen molar-refractivity contribution in [3.05, 3.63) is 30.6 Å². The van der Waals surface area contributed by atoms with Crippen LogP contribution in [0.5, 0.6) is 5.75 Å². The molecular weight excluding hydrogens is 464 g/mol. The molecule has 1 N–H and O–H groups in total. The highest BCUT2D eigenvalue weighted by molar-refractivity contribution is 5.85. The SMILES string of the molecule is Cn1ncc(O[C@H]2CCN(C(=O)OC(C)(C)C)C2)c1-c1ccn2nc(NC(=O)OC(C)(C)C)cc2c1. The topological polar surface area (TPSA) is 112 Å². The van der Waals surface area contributed by atoms with E-state index in [1.807, 2.05) is 46.1 Å². The molecule has 11 heteroatoms. The Kier molecular flexibility index (Phi) is 6.59. The maximum Gasteiger partial charge on any atom is 0.413 e. The first kappa shape index (κ1) is 25.3. The second-order valence-corrected chi connectivity index (χ2v) is 10.9. The second-order valence-electron chi connectivity index (χ2n) is 10.9. The quantitative estimate of drug-likeness (QED) is 0.565. The molecule has 0 aliphatic carbocycles. The number of fused-ring (bicyclic) bond motifs is 1. The minimum absolute atomic E-state index is 0.163. The van der Waals surface area contributed by atoms with Crippen LogP contribution in [0.4, 0.5) is 15.4 Å². The molecule has 1 aliphatic heterocycles. The van der Waals surface area contributed by atoms with Crippen LogP contribution < -0.4 is 10.1 Å². The van der Waals surface area contributed by atoms with Crippen LogP contribution in [0.25, 0.3) is 16.8 Å². The van der Waals surface area contributed by atoms with Gasteiger partial charge in [0.05, 0.1) is 18.3 Å². The summed E-state index contributed by atoms with van der Waals surface area (Å²) in [5.74, 6) is 1.01. The molecule has 0 saturated carbocycles. The number of carbonyl (C=O) groups is 2. The molecule has 0 radical (unpaired) electrons. The molecule has 1 atom stereocenters. The van der Waals surface area contributed by atoms with E-state index in [2.05, 4.69) is 15.5 Å². The zero-order valence-corrected chi connectivity index (χ0v) is 21.9. The molecule has 0 unspecified atom stereocenters. The molecule has 1 fully saturated rings. The molecule has 3 aromatic rings. The number of ether oxygens (including phenoxy) is 3. The second kappa shape index (κ2) is 9.36. The van der Waals surface area contributed by atoms with E-state index in [9.17, 15) is 9.59 Å². The van der Waals surface area contributed by atoms with Crippen LogP contribution in [-0.2, 0) is 16.5 Å². The van der Waals surface area contributed by atoms with Gasteiger partial charge in [-0.25, -0.2) is 14.1 Å².